The molecule has 0 radical (unpaired) electrons. The van der Waals surface area contributed by atoms with Gasteiger partial charge in [0.2, 0.25) is 0 Å². The lowest BCUT2D eigenvalue weighted by Gasteiger charge is -2.11. The average Bonchev–Trinajstić information content (AvgIpc) is 2.63. The van der Waals surface area contributed by atoms with Gasteiger partial charge in [0.1, 0.15) is 11.5 Å². The van der Waals surface area contributed by atoms with Gasteiger partial charge in [-0.3, -0.25) is 4.79 Å². The predicted octanol–water partition coefficient (Wildman–Crippen LogP) is 3.19. The monoisotopic (exact) mass is 362 g/mol. The molecule has 0 bridgehead atoms. The van der Waals surface area contributed by atoms with Crippen molar-refractivity contribution in [1.82, 2.24) is 15.3 Å². The Morgan fingerprint density at radius 2 is 2.04 bits per heavy atom. The second-order valence-corrected chi connectivity index (χ2v) is 5.79. The number of hydrogen-bond donors (Lipinski definition) is 2. The number of esters is 1. The number of ether oxygens (including phenoxy) is 1. The summed E-state index contributed by atoms with van der Waals surface area (Å²) >= 11 is 6.12. The summed E-state index contributed by atoms with van der Waals surface area (Å²) in [6.45, 7) is 3.90. The van der Waals surface area contributed by atoms with Gasteiger partial charge in [0, 0.05) is 6.04 Å². The number of anilines is 2. The molecule has 132 valence electrons. The maximum Gasteiger partial charge on any atom is 0.337 e. The first-order chi connectivity index (χ1) is 11.9. The molecule has 0 saturated carbocycles. The molecule has 1 amide bonds. The van der Waals surface area contributed by atoms with Crippen LogP contribution in [0.25, 0.3) is 0 Å². The second-order valence-electron chi connectivity index (χ2n) is 5.38. The van der Waals surface area contributed by atoms with Gasteiger partial charge < -0.3 is 15.4 Å². The first-order valence-corrected chi connectivity index (χ1v) is 8.10. The van der Waals surface area contributed by atoms with Gasteiger partial charge >= 0.3 is 5.97 Å². The van der Waals surface area contributed by atoms with Crippen molar-refractivity contribution in [3.63, 3.8) is 0 Å². The molecule has 7 nitrogen and oxygen atoms in total. The Labute approximate surface area is 150 Å². The van der Waals surface area contributed by atoms with E-state index in [1.54, 1.807) is 18.2 Å². The topological polar surface area (TPSA) is 93.2 Å². The van der Waals surface area contributed by atoms with E-state index < -0.39 is 5.97 Å². The predicted molar refractivity (Wildman–Crippen MR) is 95.3 cm³/mol. The van der Waals surface area contributed by atoms with Crippen LogP contribution in [0.5, 0.6) is 0 Å². The van der Waals surface area contributed by atoms with E-state index in [0.717, 1.165) is 6.42 Å². The maximum atomic E-state index is 12.0. The lowest BCUT2D eigenvalue weighted by atomic mass is 10.2. The average molecular weight is 363 g/mol. The third kappa shape index (κ3) is 4.90. The number of nitrogens with one attached hydrogen (secondary N) is 2. The Kier molecular flexibility index (Phi) is 6.30. The summed E-state index contributed by atoms with van der Waals surface area (Å²) in [5.41, 5.74) is 1.06. The molecule has 0 saturated heterocycles. The van der Waals surface area contributed by atoms with Crippen LogP contribution >= 0.6 is 11.6 Å². The summed E-state index contributed by atoms with van der Waals surface area (Å²) in [6, 6.07) is 4.76. The smallest absolute Gasteiger partial charge is 0.337 e. The van der Waals surface area contributed by atoms with Gasteiger partial charge in [-0.25, -0.2) is 14.8 Å². The van der Waals surface area contributed by atoms with Gasteiger partial charge in [0.05, 0.1) is 35.8 Å². The van der Waals surface area contributed by atoms with Crippen molar-refractivity contribution in [3.8, 4) is 0 Å². The summed E-state index contributed by atoms with van der Waals surface area (Å²) < 4.78 is 4.68. The van der Waals surface area contributed by atoms with Gasteiger partial charge in [-0.05, 0) is 31.5 Å². The van der Waals surface area contributed by atoms with E-state index in [-0.39, 0.29) is 17.6 Å². The van der Waals surface area contributed by atoms with Crippen LogP contribution in [-0.2, 0) is 4.74 Å². The molecule has 1 unspecified atom stereocenters. The normalized spacial score (nSPS) is 11.5. The summed E-state index contributed by atoms with van der Waals surface area (Å²) in [7, 11) is 1.30. The van der Waals surface area contributed by atoms with Crippen molar-refractivity contribution >= 4 is 35.0 Å². The molecule has 0 fully saturated rings. The number of hydrogen-bond acceptors (Lipinski definition) is 6. The Morgan fingerprint density at radius 1 is 1.28 bits per heavy atom. The highest BCUT2D eigenvalue weighted by atomic mass is 35.5. The van der Waals surface area contributed by atoms with Crippen molar-refractivity contribution in [2.24, 2.45) is 0 Å². The molecule has 8 heteroatoms. The summed E-state index contributed by atoms with van der Waals surface area (Å²) in [6.07, 6.45) is 3.62. The van der Waals surface area contributed by atoms with Crippen LogP contribution in [0.1, 0.15) is 41.1 Å². The third-order valence-electron chi connectivity index (χ3n) is 3.52. The van der Waals surface area contributed by atoms with Crippen molar-refractivity contribution in [2.75, 3.05) is 12.4 Å². The number of methoxy groups -OCH3 is 1. The molecule has 2 N–H and O–H groups in total. The van der Waals surface area contributed by atoms with Gasteiger partial charge in [-0.15, -0.1) is 0 Å². The molecule has 0 spiro atoms. The van der Waals surface area contributed by atoms with Gasteiger partial charge in [0.25, 0.3) is 5.91 Å². The van der Waals surface area contributed by atoms with Crippen molar-refractivity contribution in [2.45, 2.75) is 26.3 Å². The number of carbonyl (C=O) groups is 2. The molecule has 2 rings (SSSR count). The highest BCUT2D eigenvalue weighted by molar-refractivity contribution is 6.33. The highest BCUT2D eigenvalue weighted by Crippen LogP contribution is 2.26. The zero-order chi connectivity index (χ0) is 18.4. The zero-order valence-corrected chi connectivity index (χ0v) is 14.9. The molecule has 1 heterocycles. The molecule has 1 aromatic carbocycles. The van der Waals surface area contributed by atoms with E-state index in [4.69, 9.17) is 11.6 Å². The number of rotatable bonds is 6. The van der Waals surface area contributed by atoms with E-state index in [1.807, 2.05) is 13.8 Å². The van der Waals surface area contributed by atoms with Crippen molar-refractivity contribution in [3.05, 3.63) is 46.9 Å². The molecule has 2 aromatic rings. The molecule has 1 aromatic heterocycles. The number of aromatic nitrogens is 2. The molecule has 0 aliphatic heterocycles. The fourth-order valence-electron chi connectivity index (χ4n) is 1.91. The fourth-order valence-corrected chi connectivity index (χ4v) is 2.08. The lowest BCUT2D eigenvalue weighted by molar-refractivity contribution is 0.0600. The minimum absolute atomic E-state index is 0.0620. The summed E-state index contributed by atoms with van der Waals surface area (Å²) in [4.78, 5) is 31.8. The Hall–Kier alpha value is -2.67. The number of nitrogens with zero attached hydrogens (tertiary/aromatic N) is 2. The molecular formula is C17H19ClN4O3. The maximum absolute atomic E-state index is 12.0. The minimum atomic E-state index is -0.470. The molecular weight excluding hydrogens is 344 g/mol. The molecule has 0 aliphatic rings. The zero-order valence-electron chi connectivity index (χ0n) is 14.2. The number of benzene rings is 1. The first kappa shape index (κ1) is 18.7. The summed E-state index contributed by atoms with van der Waals surface area (Å²) in [5.74, 6) is -0.356. The van der Waals surface area contributed by atoms with Crippen LogP contribution in [0.15, 0.2) is 30.6 Å². The van der Waals surface area contributed by atoms with Gasteiger partial charge in [-0.1, -0.05) is 18.5 Å². The highest BCUT2D eigenvalue weighted by Gasteiger charge is 2.12. The number of amides is 1. The Morgan fingerprint density at radius 3 is 2.64 bits per heavy atom. The fraction of sp³-hybridized carbons (Fsp3) is 0.294. The van der Waals surface area contributed by atoms with Crippen LogP contribution in [0.4, 0.5) is 11.5 Å². The Balaban J connectivity index is 2.13. The van der Waals surface area contributed by atoms with Crippen LogP contribution in [-0.4, -0.2) is 35.0 Å². The van der Waals surface area contributed by atoms with Crippen LogP contribution in [0.3, 0.4) is 0 Å². The molecule has 25 heavy (non-hydrogen) atoms. The van der Waals surface area contributed by atoms with Crippen LogP contribution in [0, 0.1) is 0 Å². The quantitative estimate of drug-likeness (QED) is 0.766. The van der Waals surface area contributed by atoms with Crippen LogP contribution in [0.2, 0.25) is 5.02 Å². The minimum Gasteiger partial charge on any atom is -0.465 e. The number of halogens is 1. The second kappa shape index (κ2) is 8.43. The lowest BCUT2D eigenvalue weighted by Crippen LogP contribution is -2.32. The SMILES string of the molecule is CCC(C)NC(=O)c1cnc(Nc2cc(C(=O)OC)ccc2Cl)cn1. The standard InChI is InChI=1S/C17H19ClN4O3/c1-4-10(2)21-16(23)14-8-20-15(9-19-14)22-13-7-11(17(24)25-3)5-6-12(13)18/h5-10H,4H2,1-3H3,(H,20,22)(H,21,23). The van der Waals surface area contributed by atoms with E-state index >= 15 is 0 Å². The van der Waals surface area contributed by atoms with Gasteiger partial charge in [0.15, 0.2) is 0 Å². The van der Waals surface area contributed by atoms with Crippen LogP contribution < -0.4 is 10.6 Å². The molecule has 1 atom stereocenters. The van der Waals surface area contributed by atoms with E-state index in [1.165, 1.54) is 19.5 Å². The van der Waals surface area contributed by atoms with Crippen molar-refractivity contribution in [1.29, 1.82) is 0 Å². The summed E-state index contributed by atoms with van der Waals surface area (Å²) in [5, 5.41) is 6.19. The third-order valence-corrected chi connectivity index (χ3v) is 3.85. The molecule has 0 aliphatic carbocycles. The van der Waals surface area contributed by atoms with E-state index in [2.05, 4.69) is 25.3 Å². The van der Waals surface area contributed by atoms with E-state index in [0.29, 0.717) is 22.1 Å². The largest absolute Gasteiger partial charge is 0.465 e. The first-order valence-electron chi connectivity index (χ1n) is 7.72. The number of carbonyl (C=O) groups excluding carboxylic acids is 2. The van der Waals surface area contributed by atoms with Crippen molar-refractivity contribution < 1.29 is 14.3 Å². The van der Waals surface area contributed by atoms with E-state index in [9.17, 15) is 9.59 Å². The Bertz CT molecular complexity index is 765. The van der Waals surface area contributed by atoms with Gasteiger partial charge in [-0.2, -0.15) is 0 Å².